The Bertz CT molecular complexity index is 581. The molecule has 26 heavy (non-hydrogen) atoms. The molecule has 1 aliphatic carbocycles. The van der Waals surface area contributed by atoms with E-state index in [1.807, 2.05) is 17.0 Å². The van der Waals surface area contributed by atoms with Crippen LogP contribution in [0.15, 0.2) is 24.3 Å². The Kier molecular flexibility index (Phi) is 7.09. The molecule has 1 aliphatic heterocycles. The van der Waals surface area contributed by atoms with Gasteiger partial charge in [0, 0.05) is 32.7 Å². The predicted molar refractivity (Wildman–Crippen MR) is 105 cm³/mol. The van der Waals surface area contributed by atoms with Crippen LogP contribution in [0.1, 0.15) is 43.7 Å². The molecule has 0 aromatic heterocycles. The Labute approximate surface area is 158 Å². The van der Waals surface area contributed by atoms with Gasteiger partial charge in [0.15, 0.2) is 0 Å². The second-order valence-electron chi connectivity index (χ2n) is 8.00. The van der Waals surface area contributed by atoms with Crippen LogP contribution in [-0.4, -0.2) is 61.1 Å². The summed E-state index contributed by atoms with van der Waals surface area (Å²) in [5.41, 5.74) is 2.35. The lowest BCUT2D eigenvalue weighted by molar-refractivity contribution is -0.132. The molecule has 4 nitrogen and oxygen atoms in total. The van der Waals surface area contributed by atoms with Crippen LogP contribution in [0.2, 0.25) is 0 Å². The third-order valence-electron chi connectivity index (χ3n) is 6.10. The largest absolute Gasteiger partial charge is 0.377 e. The second kappa shape index (κ2) is 9.52. The number of hydrogen-bond acceptors (Lipinski definition) is 3. The van der Waals surface area contributed by atoms with E-state index in [4.69, 9.17) is 4.74 Å². The first kappa shape index (κ1) is 19.4. The minimum atomic E-state index is 0.256. The van der Waals surface area contributed by atoms with Crippen LogP contribution in [0.3, 0.4) is 0 Å². The lowest BCUT2D eigenvalue weighted by atomic mass is 9.88. The predicted octanol–water partition coefficient (Wildman–Crippen LogP) is 3.28. The average Bonchev–Trinajstić information content (AvgIpc) is 2.66. The van der Waals surface area contributed by atoms with E-state index in [1.54, 1.807) is 0 Å². The normalized spacial score (nSPS) is 24.6. The van der Waals surface area contributed by atoms with Gasteiger partial charge in [-0.1, -0.05) is 44.0 Å². The summed E-state index contributed by atoms with van der Waals surface area (Å²) < 4.78 is 6.14. The van der Waals surface area contributed by atoms with Crippen molar-refractivity contribution in [2.45, 2.75) is 52.1 Å². The first-order valence-electron chi connectivity index (χ1n) is 10.3. The third kappa shape index (κ3) is 5.31. The number of rotatable bonds is 6. The van der Waals surface area contributed by atoms with E-state index in [1.165, 1.54) is 31.2 Å². The lowest BCUT2D eigenvalue weighted by Crippen LogP contribution is -2.50. The topological polar surface area (TPSA) is 32.8 Å². The Morgan fingerprint density at radius 3 is 2.58 bits per heavy atom. The molecule has 1 aromatic carbocycles. The van der Waals surface area contributed by atoms with E-state index in [9.17, 15) is 4.79 Å². The molecule has 4 heteroatoms. The molecule has 2 unspecified atom stereocenters. The van der Waals surface area contributed by atoms with Crippen molar-refractivity contribution >= 4 is 5.91 Å². The Balaban J connectivity index is 1.36. The number of aryl methyl sites for hydroxylation is 1. The summed E-state index contributed by atoms with van der Waals surface area (Å²) in [7, 11) is 0. The molecule has 0 spiro atoms. The molecule has 1 heterocycles. The molecule has 2 fully saturated rings. The number of hydrogen-bond donors (Lipinski definition) is 0. The minimum absolute atomic E-state index is 0.256. The first-order valence-corrected chi connectivity index (χ1v) is 10.3. The third-order valence-corrected chi connectivity index (χ3v) is 6.10. The average molecular weight is 359 g/mol. The van der Waals surface area contributed by atoms with Gasteiger partial charge >= 0.3 is 0 Å². The van der Waals surface area contributed by atoms with Gasteiger partial charge in [0.2, 0.25) is 5.91 Å². The zero-order valence-corrected chi connectivity index (χ0v) is 16.5. The fraction of sp³-hybridized carbons (Fsp3) is 0.682. The lowest BCUT2D eigenvalue weighted by Gasteiger charge is -2.35. The Morgan fingerprint density at radius 2 is 1.85 bits per heavy atom. The van der Waals surface area contributed by atoms with E-state index >= 15 is 0 Å². The summed E-state index contributed by atoms with van der Waals surface area (Å²) in [6.07, 6.45) is 6.20. The zero-order valence-electron chi connectivity index (χ0n) is 16.5. The summed E-state index contributed by atoms with van der Waals surface area (Å²) in [6, 6.07) is 8.18. The van der Waals surface area contributed by atoms with Crippen molar-refractivity contribution in [3.05, 3.63) is 35.4 Å². The summed E-state index contributed by atoms with van der Waals surface area (Å²) in [6.45, 7) is 9.81. The maximum absolute atomic E-state index is 12.6. The monoisotopic (exact) mass is 358 g/mol. The number of carbonyl (C=O) groups excluding carboxylic acids is 1. The number of carbonyl (C=O) groups is 1. The molecule has 1 saturated heterocycles. The van der Waals surface area contributed by atoms with Crippen molar-refractivity contribution in [2.24, 2.45) is 5.92 Å². The SMILES string of the molecule is Cc1ccccc1CC(=O)N1CCN(CCOC2CCCCC2C)CC1. The van der Waals surface area contributed by atoms with E-state index in [0.29, 0.717) is 18.4 Å². The van der Waals surface area contributed by atoms with Gasteiger partial charge in [-0.25, -0.2) is 0 Å². The molecule has 1 amide bonds. The van der Waals surface area contributed by atoms with Gasteiger partial charge < -0.3 is 9.64 Å². The maximum Gasteiger partial charge on any atom is 0.227 e. The molecule has 3 rings (SSSR count). The fourth-order valence-electron chi connectivity index (χ4n) is 4.17. The summed E-state index contributed by atoms with van der Waals surface area (Å²) in [5.74, 6) is 0.964. The van der Waals surface area contributed by atoms with Crippen LogP contribution in [-0.2, 0) is 16.0 Å². The van der Waals surface area contributed by atoms with Gasteiger partial charge in [-0.15, -0.1) is 0 Å². The van der Waals surface area contributed by atoms with Crippen molar-refractivity contribution < 1.29 is 9.53 Å². The molecule has 2 aliphatic rings. The van der Waals surface area contributed by atoms with Gasteiger partial charge in [0.05, 0.1) is 19.1 Å². The summed E-state index contributed by atoms with van der Waals surface area (Å²) >= 11 is 0. The molecule has 2 atom stereocenters. The molecule has 1 aromatic rings. The van der Waals surface area contributed by atoms with Crippen molar-refractivity contribution in [1.29, 1.82) is 0 Å². The Morgan fingerprint density at radius 1 is 1.12 bits per heavy atom. The molecule has 1 saturated carbocycles. The molecular formula is C22H34N2O2. The van der Waals surface area contributed by atoms with Crippen molar-refractivity contribution in [2.75, 3.05) is 39.3 Å². The highest BCUT2D eigenvalue weighted by Gasteiger charge is 2.24. The van der Waals surface area contributed by atoms with Crippen LogP contribution in [0.25, 0.3) is 0 Å². The van der Waals surface area contributed by atoms with Crippen LogP contribution in [0.4, 0.5) is 0 Å². The van der Waals surface area contributed by atoms with Crippen LogP contribution in [0, 0.1) is 12.8 Å². The highest BCUT2D eigenvalue weighted by molar-refractivity contribution is 5.79. The standard InChI is InChI=1S/C22H34N2O2/c1-18-7-3-5-9-20(18)17-22(25)24-13-11-23(12-14-24)15-16-26-21-10-6-4-8-19(21)2/h3,5,7,9,19,21H,4,6,8,10-17H2,1-2H3. The van der Waals surface area contributed by atoms with Crippen molar-refractivity contribution in [3.63, 3.8) is 0 Å². The number of nitrogens with zero attached hydrogens (tertiary/aromatic N) is 2. The van der Waals surface area contributed by atoms with Crippen molar-refractivity contribution in [3.8, 4) is 0 Å². The number of amides is 1. The quantitative estimate of drug-likeness (QED) is 0.782. The number of benzene rings is 1. The van der Waals surface area contributed by atoms with Crippen LogP contribution < -0.4 is 0 Å². The van der Waals surface area contributed by atoms with Crippen LogP contribution in [0.5, 0.6) is 0 Å². The first-order chi connectivity index (χ1) is 12.6. The van der Waals surface area contributed by atoms with Gasteiger partial charge in [-0.05, 0) is 36.8 Å². The molecule has 0 N–H and O–H groups in total. The van der Waals surface area contributed by atoms with E-state index < -0.39 is 0 Å². The Hall–Kier alpha value is -1.39. The number of piperazine rings is 1. The van der Waals surface area contributed by atoms with Crippen LogP contribution >= 0.6 is 0 Å². The van der Waals surface area contributed by atoms with E-state index in [2.05, 4.69) is 30.9 Å². The second-order valence-corrected chi connectivity index (χ2v) is 8.00. The molecule has 0 bridgehead atoms. The van der Waals surface area contributed by atoms with Gasteiger partial charge in [0.1, 0.15) is 0 Å². The highest BCUT2D eigenvalue weighted by atomic mass is 16.5. The van der Waals surface area contributed by atoms with E-state index in [-0.39, 0.29) is 5.91 Å². The summed E-state index contributed by atoms with van der Waals surface area (Å²) in [4.78, 5) is 17.0. The maximum atomic E-state index is 12.6. The summed E-state index contributed by atoms with van der Waals surface area (Å²) in [5, 5.41) is 0. The van der Waals surface area contributed by atoms with Gasteiger partial charge in [0.25, 0.3) is 0 Å². The molecular weight excluding hydrogens is 324 g/mol. The van der Waals surface area contributed by atoms with E-state index in [0.717, 1.165) is 44.9 Å². The zero-order chi connectivity index (χ0) is 18.4. The van der Waals surface area contributed by atoms with Gasteiger partial charge in [-0.3, -0.25) is 9.69 Å². The smallest absolute Gasteiger partial charge is 0.227 e. The molecule has 144 valence electrons. The molecule has 0 radical (unpaired) electrons. The minimum Gasteiger partial charge on any atom is -0.377 e. The number of ether oxygens (including phenoxy) is 1. The fourth-order valence-corrected chi connectivity index (χ4v) is 4.17. The highest BCUT2D eigenvalue weighted by Crippen LogP contribution is 2.26. The van der Waals surface area contributed by atoms with Crippen molar-refractivity contribution in [1.82, 2.24) is 9.80 Å². The van der Waals surface area contributed by atoms with Gasteiger partial charge in [-0.2, -0.15) is 0 Å².